The Morgan fingerprint density at radius 2 is 1.94 bits per heavy atom. The van der Waals surface area contributed by atoms with E-state index in [-0.39, 0.29) is 35.8 Å². The summed E-state index contributed by atoms with van der Waals surface area (Å²) in [6.45, 7) is 1.10. The van der Waals surface area contributed by atoms with Gasteiger partial charge in [-0.25, -0.2) is 4.79 Å². The van der Waals surface area contributed by atoms with E-state index in [9.17, 15) is 24.3 Å². The van der Waals surface area contributed by atoms with Crippen LogP contribution in [0.4, 0.5) is 22.9 Å². The molecule has 0 radical (unpaired) electrons. The number of carbonyl (C=O) groups is 3. The van der Waals surface area contributed by atoms with E-state index in [2.05, 4.69) is 20.9 Å². The van der Waals surface area contributed by atoms with Gasteiger partial charge in [-0.15, -0.1) is 0 Å². The van der Waals surface area contributed by atoms with E-state index in [1.165, 1.54) is 0 Å². The number of likely N-dealkylation sites (N-methyl/N-ethyl adjacent to an activating group) is 1. The lowest BCUT2D eigenvalue weighted by atomic mass is 10.1. The number of hydrogen-bond donors (Lipinski definition) is 7. The van der Waals surface area contributed by atoms with Crippen LogP contribution in [0.1, 0.15) is 23.2 Å². The van der Waals surface area contributed by atoms with Crippen LogP contribution in [0.5, 0.6) is 0 Å². The molecule has 1 amide bonds. The number of nitrogens with one attached hydrogen (secondary N) is 4. The van der Waals surface area contributed by atoms with Gasteiger partial charge < -0.3 is 41.8 Å². The Labute approximate surface area is 188 Å². The third kappa shape index (κ3) is 5.73. The first-order chi connectivity index (χ1) is 15.7. The molecule has 8 N–H and O–H groups in total. The first-order valence-corrected chi connectivity index (χ1v) is 10.2. The second-order valence-corrected chi connectivity index (χ2v) is 7.72. The predicted octanol–water partition coefficient (Wildman–Crippen LogP) is 0.347. The molecule has 0 fully saturated rings. The van der Waals surface area contributed by atoms with Crippen molar-refractivity contribution in [2.75, 3.05) is 41.4 Å². The van der Waals surface area contributed by atoms with Crippen LogP contribution in [0.2, 0.25) is 0 Å². The fraction of sp³-hybridized carbons (Fsp3) is 0.333. The number of carboxylic acids is 2. The van der Waals surface area contributed by atoms with Crippen molar-refractivity contribution in [1.29, 1.82) is 0 Å². The van der Waals surface area contributed by atoms with Crippen molar-refractivity contribution >= 4 is 40.7 Å². The zero-order valence-electron chi connectivity index (χ0n) is 17.9. The number of benzene rings is 1. The molecular formula is C21H26N6O6. The van der Waals surface area contributed by atoms with Crippen molar-refractivity contribution < 1.29 is 24.6 Å². The smallest absolute Gasteiger partial charge is 0.326 e. The van der Waals surface area contributed by atoms with Crippen molar-refractivity contribution in [1.82, 2.24) is 10.3 Å². The minimum absolute atomic E-state index is 0.0317. The fourth-order valence-corrected chi connectivity index (χ4v) is 3.56. The highest BCUT2D eigenvalue weighted by atomic mass is 16.4. The topological polar surface area (TPSA) is 190 Å². The second-order valence-electron chi connectivity index (χ2n) is 7.72. The minimum atomic E-state index is -1.30. The van der Waals surface area contributed by atoms with Crippen molar-refractivity contribution in [3.63, 3.8) is 0 Å². The number of aliphatic carboxylic acids is 2. The zero-order chi connectivity index (χ0) is 24.1. The highest BCUT2D eigenvalue weighted by Crippen LogP contribution is 2.27. The lowest BCUT2D eigenvalue weighted by molar-refractivity contribution is -0.140. The Hall–Kier alpha value is -4.22. The number of aromatic nitrogens is 1. The van der Waals surface area contributed by atoms with Gasteiger partial charge in [-0.2, -0.15) is 0 Å². The van der Waals surface area contributed by atoms with Crippen molar-refractivity contribution in [2.45, 2.75) is 24.9 Å². The van der Waals surface area contributed by atoms with Crippen LogP contribution in [0.25, 0.3) is 0 Å². The lowest BCUT2D eigenvalue weighted by Crippen LogP contribution is -2.48. The van der Waals surface area contributed by atoms with E-state index in [4.69, 9.17) is 10.8 Å². The van der Waals surface area contributed by atoms with Crippen molar-refractivity contribution in [3.05, 3.63) is 46.2 Å². The van der Waals surface area contributed by atoms with E-state index in [0.29, 0.717) is 24.5 Å². The third-order valence-corrected chi connectivity index (χ3v) is 5.40. The normalized spacial score (nSPS) is 15.7. The van der Waals surface area contributed by atoms with Gasteiger partial charge in [-0.1, -0.05) is 0 Å². The summed E-state index contributed by atoms with van der Waals surface area (Å²) in [5, 5.41) is 26.7. The summed E-state index contributed by atoms with van der Waals surface area (Å²) in [6.07, 6.45) is -0.578. The quantitative estimate of drug-likeness (QED) is 0.276. The van der Waals surface area contributed by atoms with E-state index in [0.717, 1.165) is 5.69 Å². The maximum absolute atomic E-state index is 12.3. The van der Waals surface area contributed by atoms with Gasteiger partial charge in [-0.3, -0.25) is 14.4 Å². The summed E-state index contributed by atoms with van der Waals surface area (Å²) < 4.78 is 0. The second kappa shape index (κ2) is 9.94. The first-order valence-electron chi connectivity index (χ1n) is 10.2. The monoisotopic (exact) mass is 458 g/mol. The summed E-state index contributed by atoms with van der Waals surface area (Å²) in [5.74, 6) is -2.75. The molecule has 3 rings (SSSR count). The van der Waals surface area contributed by atoms with Gasteiger partial charge >= 0.3 is 11.9 Å². The minimum Gasteiger partial charge on any atom is -0.481 e. The maximum atomic E-state index is 12.3. The first kappa shape index (κ1) is 23.4. The number of rotatable bonds is 9. The van der Waals surface area contributed by atoms with Crippen LogP contribution in [0.3, 0.4) is 0 Å². The van der Waals surface area contributed by atoms with E-state index < -0.39 is 23.9 Å². The molecule has 0 saturated carbocycles. The molecule has 1 aromatic carbocycles. The number of amides is 1. The average molecular weight is 458 g/mol. The lowest BCUT2D eigenvalue weighted by Gasteiger charge is -2.36. The van der Waals surface area contributed by atoms with Crippen LogP contribution in [0, 0.1) is 0 Å². The SMILES string of the molecule is CN1c2c(cc(N)[nH]c2=O)NC[C@@H]1CNc1ccc(C(=O)N[C@@H](CCC(=O)O)C(=O)O)cc1. The number of hydrogen-bond acceptors (Lipinski definition) is 8. The number of carboxylic acid groups (broad SMARTS) is 2. The Morgan fingerprint density at radius 3 is 2.58 bits per heavy atom. The number of nitrogens with two attached hydrogens (primary N) is 1. The van der Waals surface area contributed by atoms with Crippen LogP contribution < -0.4 is 32.1 Å². The highest BCUT2D eigenvalue weighted by Gasteiger charge is 2.26. The summed E-state index contributed by atoms with van der Waals surface area (Å²) in [5.41, 5.74) is 7.58. The summed E-state index contributed by atoms with van der Waals surface area (Å²) >= 11 is 0. The molecule has 0 unspecified atom stereocenters. The van der Waals surface area contributed by atoms with Gasteiger partial charge in [0.25, 0.3) is 11.5 Å². The number of nitrogens with zero attached hydrogens (tertiary/aromatic N) is 1. The Morgan fingerprint density at radius 1 is 1.24 bits per heavy atom. The van der Waals surface area contributed by atoms with E-state index in [1.807, 2.05) is 11.9 Å². The van der Waals surface area contributed by atoms with Gasteiger partial charge in [0.05, 0.1) is 11.7 Å². The van der Waals surface area contributed by atoms with Crippen LogP contribution in [0.15, 0.2) is 35.1 Å². The number of H-pyrrole nitrogens is 1. The predicted molar refractivity (Wildman–Crippen MR) is 123 cm³/mol. The number of carbonyl (C=O) groups excluding carboxylic acids is 1. The summed E-state index contributed by atoms with van der Waals surface area (Å²) in [4.78, 5) is 51.0. The molecule has 2 aromatic rings. The molecule has 0 bridgehead atoms. The summed E-state index contributed by atoms with van der Waals surface area (Å²) in [6, 6.07) is 6.80. The number of aromatic amines is 1. The van der Waals surface area contributed by atoms with Crippen LogP contribution >= 0.6 is 0 Å². The molecule has 2 heterocycles. The maximum Gasteiger partial charge on any atom is 0.326 e. The third-order valence-electron chi connectivity index (χ3n) is 5.40. The number of fused-ring (bicyclic) bond motifs is 1. The van der Waals surface area contributed by atoms with Gasteiger partial charge in [0.2, 0.25) is 0 Å². The molecule has 1 aliphatic rings. The molecule has 1 aliphatic heterocycles. The standard InChI is InChI=1S/C21H26N6O6/c1-27-13(10-24-15-8-16(22)26-20(31)18(15)27)9-23-12-4-2-11(3-5-12)19(30)25-14(21(32)33)6-7-17(28)29/h2-5,8,13-14,23-24H,6-7,9-10H2,1H3,(H,25,30)(H,28,29)(H,32,33)(H3,22,26,31)/t13-,14-/m0/s1. The Bertz CT molecular complexity index is 1100. The molecular weight excluding hydrogens is 432 g/mol. The van der Waals surface area contributed by atoms with Gasteiger partial charge in [-0.05, 0) is 30.7 Å². The Balaban J connectivity index is 1.58. The number of nitrogen functional groups attached to an aromatic ring is 1. The number of pyridine rings is 1. The van der Waals surface area contributed by atoms with Crippen molar-refractivity contribution in [2.24, 2.45) is 0 Å². The Kier molecular flexibility index (Phi) is 7.06. The molecule has 0 aliphatic carbocycles. The molecule has 176 valence electrons. The fourth-order valence-electron chi connectivity index (χ4n) is 3.56. The number of anilines is 4. The van der Waals surface area contributed by atoms with Gasteiger partial charge in [0.15, 0.2) is 0 Å². The molecule has 12 heteroatoms. The highest BCUT2D eigenvalue weighted by molar-refractivity contribution is 5.97. The van der Waals surface area contributed by atoms with E-state index in [1.54, 1.807) is 30.3 Å². The van der Waals surface area contributed by atoms with Crippen LogP contribution in [-0.4, -0.2) is 65.3 Å². The van der Waals surface area contributed by atoms with E-state index >= 15 is 0 Å². The van der Waals surface area contributed by atoms with Crippen LogP contribution in [-0.2, 0) is 9.59 Å². The zero-order valence-corrected chi connectivity index (χ0v) is 17.9. The molecule has 0 saturated heterocycles. The summed E-state index contributed by atoms with van der Waals surface area (Å²) in [7, 11) is 1.83. The van der Waals surface area contributed by atoms with Gasteiger partial charge in [0.1, 0.15) is 17.5 Å². The average Bonchev–Trinajstić information content (AvgIpc) is 2.75. The molecule has 2 atom stereocenters. The molecule has 0 spiro atoms. The molecule has 33 heavy (non-hydrogen) atoms. The van der Waals surface area contributed by atoms with Crippen molar-refractivity contribution in [3.8, 4) is 0 Å². The largest absolute Gasteiger partial charge is 0.481 e. The molecule has 1 aromatic heterocycles. The molecule has 12 nitrogen and oxygen atoms in total. The van der Waals surface area contributed by atoms with Gasteiger partial charge in [0, 0.05) is 43.9 Å².